The number of phenols is 1. The van der Waals surface area contributed by atoms with Crippen LogP contribution in [0.5, 0.6) is 5.75 Å². The van der Waals surface area contributed by atoms with E-state index in [2.05, 4.69) is 0 Å². The SMILES string of the molecule is CC(=O)SCC(=Cc1cccc(C=O)c1O)B1OC(C)(C)C(C)(C)O1. The van der Waals surface area contributed by atoms with Crippen molar-refractivity contribution in [2.24, 2.45) is 0 Å². The van der Waals surface area contributed by atoms with E-state index in [4.69, 9.17) is 9.31 Å². The molecule has 25 heavy (non-hydrogen) atoms. The van der Waals surface area contributed by atoms with Crippen molar-refractivity contribution >= 4 is 36.4 Å². The first-order chi connectivity index (χ1) is 11.6. The monoisotopic (exact) mass is 362 g/mol. The van der Waals surface area contributed by atoms with Crippen LogP contribution >= 0.6 is 11.8 Å². The first-order valence-electron chi connectivity index (χ1n) is 8.04. The summed E-state index contributed by atoms with van der Waals surface area (Å²) in [5.74, 6) is 0.274. The number of aldehydes is 1. The molecule has 2 rings (SSSR count). The van der Waals surface area contributed by atoms with Gasteiger partial charge in [-0.15, -0.1) is 0 Å². The largest absolute Gasteiger partial charge is 0.507 e. The summed E-state index contributed by atoms with van der Waals surface area (Å²) >= 11 is 1.14. The molecule has 0 aromatic heterocycles. The van der Waals surface area contributed by atoms with E-state index in [0.29, 0.717) is 17.6 Å². The summed E-state index contributed by atoms with van der Waals surface area (Å²) in [6.07, 6.45) is 2.33. The van der Waals surface area contributed by atoms with Gasteiger partial charge in [0.2, 0.25) is 0 Å². The minimum atomic E-state index is -0.629. The fraction of sp³-hybridized carbons (Fsp3) is 0.444. The van der Waals surface area contributed by atoms with Crippen molar-refractivity contribution in [1.29, 1.82) is 0 Å². The van der Waals surface area contributed by atoms with Crippen molar-refractivity contribution in [3.8, 4) is 5.75 Å². The molecule has 0 radical (unpaired) electrons. The van der Waals surface area contributed by atoms with Crippen molar-refractivity contribution < 1.29 is 24.0 Å². The molecule has 0 atom stereocenters. The molecule has 1 aliphatic heterocycles. The molecule has 0 saturated carbocycles. The summed E-state index contributed by atoms with van der Waals surface area (Å²) in [5, 5.41) is 10.2. The number of aromatic hydroxyl groups is 1. The number of hydrogen-bond acceptors (Lipinski definition) is 6. The third-order valence-corrected chi connectivity index (χ3v) is 5.45. The Balaban J connectivity index is 2.40. The predicted molar refractivity (Wildman–Crippen MR) is 101 cm³/mol. The smallest absolute Gasteiger partial charge is 0.491 e. The zero-order chi connectivity index (χ0) is 18.8. The predicted octanol–water partition coefficient (Wildman–Crippen LogP) is 3.50. The van der Waals surface area contributed by atoms with Crippen LogP contribution in [-0.4, -0.2) is 40.6 Å². The number of rotatable bonds is 5. The third-order valence-electron chi connectivity index (χ3n) is 4.56. The molecule has 1 heterocycles. The number of hydrogen-bond donors (Lipinski definition) is 1. The molecule has 0 aliphatic carbocycles. The second kappa shape index (κ2) is 7.36. The fourth-order valence-electron chi connectivity index (χ4n) is 2.35. The van der Waals surface area contributed by atoms with E-state index in [9.17, 15) is 14.7 Å². The summed E-state index contributed by atoms with van der Waals surface area (Å²) in [4.78, 5) is 22.4. The van der Waals surface area contributed by atoms with Gasteiger partial charge in [0.25, 0.3) is 0 Å². The Kier molecular flexibility index (Phi) is 5.81. The zero-order valence-corrected chi connectivity index (χ0v) is 16.0. The lowest BCUT2D eigenvalue weighted by molar-refractivity contribution is -0.109. The summed E-state index contributed by atoms with van der Waals surface area (Å²) in [6, 6.07) is 4.93. The highest BCUT2D eigenvalue weighted by molar-refractivity contribution is 8.13. The Morgan fingerprint density at radius 2 is 1.76 bits per heavy atom. The lowest BCUT2D eigenvalue weighted by Crippen LogP contribution is -2.41. The van der Waals surface area contributed by atoms with Gasteiger partial charge < -0.3 is 14.4 Å². The molecule has 0 unspecified atom stereocenters. The summed E-state index contributed by atoms with van der Waals surface area (Å²) in [5.41, 5.74) is 0.395. The van der Waals surface area contributed by atoms with Crippen LogP contribution < -0.4 is 0 Å². The molecule has 1 saturated heterocycles. The Labute approximate surface area is 152 Å². The van der Waals surface area contributed by atoms with E-state index in [0.717, 1.165) is 17.2 Å². The van der Waals surface area contributed by atoms with Gasteiger partial charge in [-0.25, -0.2) is 0 Å². The summed E-state index contributed by atoms with van der Waals surface area (Å²) in [7, 11) is -0.629. The Bertz CT molecular complexity index is 695. The van der Waals surface area contributed by atoms with E-state index in [1.54, 1.807) is 24.3 Å². The molecule has 7 heteroatoms. The van der Waals surface area contributed by atoms with Crippen molar-refractivity contribution in [3.05, 3.63) is 34.8 Å². The number of thioether (sulfide) groups is 1. The Hall–Kier alpha value is -1.57. The first kappa shape index (κ1) is 19.8. The highest BCUT2D eigenvalue weighted by atomic mass is 32.2. The van der Waals surface area contributed by atoms with Crippen LogP contribution in [0.1, 0.15) is 50.5 Å². The number of carbonyl (C=O) groups is 2. The average Bonchev–Trinajstić information content (AvgIpc) is 2.73. The van der Waals surface area contributed by atoms with E-state index >= 15 is 0 Å². The maximum absolute atomic E-state index is 11.4. The summed E-state index contributed by atoms with van der Waals surface area (Å²) in [6.45, 7) is 9.30. The van der Waals surface area contributed by atoms with E-state index in [1.165, 1.54) is 6.92 Å². The minimum absolute atomic E-state index is 0.0201. The number of carbonyl (C=O) groups excluding carboxylic acids is 2. The molecular weight excluding hydrogens is 339 g/mol. The van der Waals surface area contributed by atoms with Gasteiger partial charge in [0.15, 0.2) is 11.4 Å². The average molecular weight is 362 g/mol. The van der Waals surface area contributed by atoms with Crippen LogP contribution in [-0.2, 0) is 14.1 Å². The number of phenolic OH excluding ortho intramolecular Hbond substituents is 1. The van der Waals surface area contributed by atoms with Gasteiger partial charge >= 0.3 is 7.12 Å². The Morgan fingerprint density at radius 3 is 2.28 bits per heavy atom. The molecule has 1 aromatic rings. The van der Waals surface area contributed by atoms with Gasteiger partial charge in [0, 0.05) is 18.2 Å². The standard InChI is InChI=1S/C18H23BO5S/c1-12(21)25-11-15(19-23-17(2,3)18(4,5)24-19)9-13-7-6-8-14(10-20)16(13)22/h6-10,22H,11H2,1-5H3. The molecule has 134 valence electrons. The quantitative estimate of drug-likeness (QED) is 0.639. The third kappa shape index (κ3) is 4.34. The maximum Gasteiger partial charge on any atom is 0.491 e. The molecule has 0 spiro atoms. The van der Waals surface area contributed by atoms with E-state index in [1.807, 2.05) is 27.7 Å². The second-order valence-electron chi connectivity index (χ2n) is 6.99. The highest BCUT2D eigenvalue weighted by Crippen LogP contribution is 2.39. The van der Waals surface area contributed by atoms with Crippen LogP contribution in [0.2, 0.25) is 0 Å². The van der Waals surface area contributed by atoms with Crippen molar-refractivity contribution in [2.45, 2.75) is 45.8 Å². The zero-order valence-electron chi connectivity index (χ0n) is 15.2. The highest BCUT2D eigenvalue weighted by Gasteiger charge is 2.52. The molecule has 1 aromatic carbocycles. The normalized spacial score (nSPS) is 19.1. The van der Waals surface area contributed by atoms with Gasteiger partial charge in [-0.3, -0.25) is 9.59 Å². The molecule has 5 nitrogen and oxygen atoms in total. The lowest BCUT2D eigenvalue weighted by Gasteiger charge is -2.32. The van der Waals surface area contributed by atoms with Crippen LogP contribution in [0.25, 0.3) is 6.08 Å². The van der Waals surface area contributed by atoms with Gasteiger partial charge in [-0.2, -0.15) is 0 Å². The Morgan fingerprint density at radius 1 is 1.20 bits per heavy atom. The van der Waals surface area contributed by atoms with Gasteiger partial charge in [-0.05, 0) is 39.2 Å². The number of benzene rings is 1. The molecule has 1 N–H and O–H groups in total. The van der Waals surface area contributed by atoms with Crippen molar-refractivity contribution in [1.82, 2.24) is 0 Å². The van der Waals surface area contributed by atoms with Crippen LogP contribution in [0.15, 0.2) is 23.7 Å². The van der Waals surface area contributed by atoms with E-state index in [-0.39, 0.29) is 16.4 Å². The van der Waals surface area contributed by atoms with Crippen LogP contribution in [0.3, 0.4) is 0 Å². The molecule has 0 amide bonds. The molecule has 1 aliphatic rings. The van der Waals surface area contributed by atoms with Crippen LogP contribution in [0.4, 0.5) is 0 Å². The van der Waals surface area contributed by atoms with E-state index < -0.39 is 18.3 Å². The summed E-state index contributed by atoms with van der Waals surface area (Å²) < 4.78 is 12.1. The first-order valence-corrected chi connectivity index (χ1v) is 9.02. The fourth-order valence-corrected chi connectivity index (χ4v) is 2.94. The number of para-hydroxylation sites is 1. The van der Waals surface area contributed by atoms with Gasteiger partial charge in [-0.1, -0.05) is 30.0 Å². The van der Waals surface area contributed by atoms with Crippen LogP contribution in [0, 0.1) is 0 Å². The molecular formula is C18H23BO5S. The molecule has 1 fully saturated rings. The second-order valence-corrected chi connectivity index (χ2v) is 8.14. The topological polar surface area (TPSA) is 72.8 Å². The lowest BCUT2D eigenvalue weighted by atomic mass is 9.78. The maximum atomic E-state index is 11.4. The van der Waals surface area contributed by atoms with Crippen molar-refractivity contribution in [3.63, 3.8) is 0 Å². The van der Waals surface area contributed by atoms with Gasteiger partial charge in [0.05, 0.1) is 16.8 Å². The minimum Gasteiger partial charge on any atom is -0.507 e. The molecule has 0 bridgehead atoms. The van der Waals surface area contributed by atoms with Crippen molar-refractivity contribution in [2.75, 3.05) is 5.75 Å². The van der Waals surface area contributed by atoms with Gasteiger partial charge in [0.1, 0.15) is 5.75 Å².